The van der Waals surface area contributed by atoms with Gasteiger partial charge in [0.15, 0.2) is 5.96 Å². The second kappa shape index (κ2) is 10.2. The Morgan fingerprint density at radius 2 is 2.07 bits per heavy atom. The number of benzene rings is 1. The molecule has 6 nitrogen and oxygen atoms in total. The highest BCUT2D eigenvalue weighted by Gasteiger charge is 2.24. The van der Waals surface area contributed by atoms with Gasteiger partial charge < -0.3 is 20.3 Å². The molecule has 2 heterocycles. The van der Waals surface area contributed by atoms with E-state index in [1.54, 1.807) is 0 Å². The second-order valence-electron chi connectivity index (χ2n) is 7.37. The molecule has 0 amide bonds. The molecule has 0 spiro atoms. The number of nitrogens with zero attached hydrogens (tertiary/aromatic N) is 3. The quantitative estimate of drug-likeness (QED) is 0.571. The number of rotatable bonds is 6. The van der Waals surface area contributed by atoms with E-state index >= 15 is 0 Å². The molecule has 0 radical (unpaired) electrons. The lowest BCUT2D eigenvalue weighted by molar-refractivity contribution is 0.0389. The van der Waals surface area contributed by atoms with E-state index in [1.807, 2.05) is 13.1 Å². The molecule has 0 bridgehead atoms. The Kier molecular flexibility index (Phi) is 7.61. The van der Waals surface area contributed by atoms with E-state index in [1.165, 1.54) is 17.7 Å². The van der Waals surface area contributed by atoms with Crippen LogP contribution in [0.15, 0.2) is 23.2 Å². The highest BCUT2D eigenvalue weighted by molar-refractivity contribution is 6.30. The number of guanidine groups is 1. The Hall–Kier alpha value is -1.50. The number of aliphatic imine (C=N–C) groups is 1. The van der Waals surface area contributed by atoms with Crippen LogP contribution in [0.3, 0.4) is 0 Å². The summed E-state index contributed by atoms with van der Waals surface area (Å²) in [5, 5.41) is 7.72. The van der Waals surface area contributed by atoms with Crippen molar-refractivity contribution in [3.8, 4) is 0 Å². The van der Waals surface area contributed by atoms with E-state index in [4.69, 9.17) is 16.3 Å². The minimum absolute atomic E-state index is 0.612. The zero-order chi connectivity index (χ0) is 19.1. The minimum atomic E-state index is 0.612. The van der Waals surface area contributed by atoms with Crippen LogP contribution >= 0.6 is 11.6 Å². The Morgan fingerprint density at radius 1 is 1.26 bits per heavy atom. The zero-order valence-electron chi connectivity index (χ0n) is 16.5. The fraction of sp³-hybridized carbons (Fsp3) is 0.650. The number of halogens is 1. The highest BCUT2D eigenvalue weighted by atomic mass is 35.5. The van der Waals surface area contributed by atoms with Crippen LogP contribution in [-0.4, -0.2) is 76.9 Å². The van der Waals surface area contributed by atoms with Crippen LogP contribution in [0.4, 0.5) is 5.69 Å². The number of ether oxygens (including phenoxy) is 1. The SMILES string of the molecule is CN=C(NCCN1CCOCC1)NCC1CCN(c2cc(Cl)ccc2C)C1. The van der Waals surface area contributed by atoms with Gasteiger partial charge in [-0.25, -0.2) is 0 Å². The van der Waals surface area contributed by atoms with Crippen molar-refractivity contribution >= 4 is 23.2 Å². The molecule has 3 rings (SSSR count). The Labute approximate surface area is 167 Å². The lowest BCUT2D eigenvalue weighted by Gasteiger charge is -2.27. The van der Waals surface area contributed by atoms with E-state index in [2.05, 4.69) is 44.5 Å². The van der Waals surface area contributed by atoms with Crippen molar-refractivity contribution < 1.29 is 4.74 Å². The molecule has 2 aliphatic heterocycles. The van der Waals surface area contributed by atoms with Gasteiger partial charge in [0.1, 0.15) is 0 Å². The molecule has 27 heavy (non-hydrogen) atoms. The maximum Gasteiger partial charge on any atom is 0.191 e. The van der Waals surface area contributed by atoms with E-state index in [0.717, 1.165) is 70.0 Å². The van der Waals surface area contributed by atoms with Gasteiger partial charge >= 0.3 is 0 Å². The van der Waals surface area contributed by atoms with Gasteiger partial charge in [-0.2, -0.15) is 0 Å². The number of aryl methyl sites for hydroxylation is 1. The molecule has 1 atom stereocenters. The predicted octanol–water partition coefficient (Wildman–Crippen LogP) is 1.97. The van der Waals surface area contributed by atoms with Crippen molar-refractivity contribution in [2.75, 3.05) is 71.0 Å². The van der Waals surface area contributed by atoms with Gasteiger partial charge in [-0.05, 0) is 37.0 Å². The first-order valence-corrected chi connectivity index (χ1v) is 10.3. The number of nitrogens with one attached hydrogen (secondary N) is 2. The molecule has 2 saturated heterocycles. The maximum absolute atomic E-state index is 6.18. The van der Waals surface area contributed by atoms with Crippen molar-refractivity contribution in [3.05, 3.63) is 28.8 Å². The van der Waals surface area contributed by atoms with Crippen molar-refractivity contribution in [3.63, 3.8) is 0 Å². The Balaban J connectivity index is 1.39. The molecular formula is C20H32ClN5O. The Morgan fingerprint density at radius 3 is 2.85 bits per heavy atom. The zero-order valence-corrected chi connectivity index (χ0v) is 17.3. The lowest BCUT2D eigenvalue weighted by atomic mass is 10.1. The molecular weight excluding hydrogens is 362 g/mol. The normalized spacial score (nSPS) is 21.5. The first-order chi connectivity index (χ1) is 13.2. The fourth-order valence-electron chi connectivity index (χ4n) is 3.76. The first-order valence-electron chi connectivity index (χ1n) is 9.91. The Bertz CT molecular complexity index is 633. The van der Waals surface area contributed by atoms with Crippen molar-refractivity contribution in [2.45, 2.75) is 13.3 Å². The van der Waals surface area contributed by atoms with Gasteiger partial charge in [0, 0.05) is 63.6 Å². The summed E-state index contributed by atoms with van der Waals surface area (Å²) in [4.78, 5) is 9.22. The smallest absolute Gasteiger partial charge is 0.191 e. The van der Waals surface area contributed by atoms with Crippen LogP contribution < -0.4 is 15.5 Å². The largest absolute Gasteiger partial charge is 0.379 e. The number of hydrogen-bond donors (Lipinski definition) is 2. The van der Waals surface area contributed by atoms with E-state index in [9.17, 15) is 0 Å². The molecule has 1 aromatic carbocycles. The summed E-state index contributed by atoms with van der Waals surface area (Å²) in [5.74, 6) is 1.50. The van der Waals surface area contributed by atoms with Gasteiger partial charge in [-0.3, -0.25) is 9.89 Å². The first kappa shape index (κ1) is 20.2. The minimum Gasteiger partial charge on any atom is -0.379 e. The number of morpholine rings is 1. The molecule has 2 aliphatic rings. The molecule has 1 aromatic rings. The van der Waals surface area contributed by atoms with Crippen molar-refractivity contribution in [1.82, 2.24) is 15.5 Å². The third-order valence-corrected chi connectivity index (χ3v) is 5.64. The number of anilines is 1. The molecule has 2 N–H and O–H groups in total. The van der Waals surface area contributed by atoms with Gasteiger partial charge in [-0.15, -0.1) is 0 Å². The van der Waals surface area contributed by atoms with E-state index in [-0.39, 0.29) is 0 Å². The van der Waals surface area contributed by atoms with Crippen LogP contribution in [0.5, 0.6) is 0 Å². The molecule has 0 aliphatic carbocycles. The summed E-state index contributed by atoms with van der Waals surface area (Å²) in [5.41, 5.74) is 2.55. The molecule has 0 saturated carbocycles. The van der Waals surface area contributed by atoms with Gasteiger partial charge in [0.25, 0.3) is 0 Å². The molecule has 0 aromatic heterocycles. The number of hydrogen-bond acceptors (Lipinski definition) is 4. The third kappa shape index (κ3) is 5.99. The lowest BCUT2D eigenvalue weighted by Crippen LogP contribution is -2.45. The van der Waals surface area contributed by atoms with Crippen LogP contribution in [0.1, 0.15) is 12.0 Å². The summed E-state index contributed by atoms with van der Waals surface area (Å²) >= 11 is 6.18. The summed E-state index contributed by atoms with van der Waals surface area (Å²) < 4.78 is 5.39. The van der Waals surface area contributed by atoms with Crippen LogP contribution in [0.2, 0.25) is 5.02 Å². The van der Waals surface area contributed by atoms with Crippen molar-refractivity contribution in [1.29, 1.82) is 0 Å². The molecule has 150 valence electrons. The van der Waals surface area contributed by atoms with Crippen LogP contribution in [0, 0.1) is 12.8 Å². The van der Waals surface area contributed by atoms with Gasteiger partial charge in [0.2, 0.25) is 0 Å². The standard InChI is InChI=1S/C20H32ClN5O/c1-16-3-4-18(21)13-19(16)26-7-5-17(15-26)14-24-20(22-2)23-6-8-25-9-11-27-12-10-25/h3-4,13,17H,5-12,14-15H2,1-2H3,(H2,22,23,24). The second-order valence-corrected chi connectivity index (χ2v) is 7.80. The summed E-state index contributed by atoms with van der Waals surface area (Å²) in [7, 11) is 1.83. The monoisotopic (exact) mass is 393 g/mol. The maximum atomic E-state index is 6.18. The molecule has 1 unspecified atom stereocenters. The van der Waals surface area contributed by atoms with E-state index < -0.39 is 0 Å². The predicted molar refractivity (Wildman–Crippen MR) is 113 cm³/mol. The summed E-state index contributed by atoms with van der Waals surface area (Å²) in [6.07, 6.45) is 1.18. The average Bonchev–Trinajstić information content (AvgIpc) is 3.16. The molecule has 7 heteroatoms. The van der Waals surface area contributed by atoms with E-state index in [0.29, 0.717) is 5.92 Å². The highest BCUT2D eigenvalue weighted by Crippen LogP contribution is 2.29. The average molecular weight is 394 g/mol. The van der Waals surface area contributed by atoms with Gasteiger partial charge in [0.05, 0.1) is 13.2 Å². The fourth-order valence-corrected chi connectivity index (χ4v) is 3.93. The van der Waals surface area contributed by atoms with Gasteiger partial charge in [-0.1, -0.05) is 17.7 Å². The summed E-state index contributed by atoms with van der Waals surface area (Å²) in [6, 6.07) is 6.14. The van der Waals surface area contributed by atoms with Crippen LogP contribution in [0.25, 0.3) is 0 Å². The van der Waals surface area contributed by atoms with Crippen molar-refractivity contribution in [2.24, 2.45) is 10.9 Å². The third-order valence-electron chi connectivity index (χ3n) is 5.40. The molecule has 2 fully saturated rings. The summed E-state index contributed by atoms with van der Waals surface area (Å²) in [6.45, 7) is 10.9. The topological polar surface area (TPSA) is 52.1 Å². The van der Waals surface area contributed by atoms with Crippen LogP contribution in [-0.2, 0) is 4.74 Å².